The Morgan fingerprint density at radius 2 is 1.41 bits per heavy atom. The van der Waals surface area contributed by atoms with Crippen molar-refractivity contribution in [3.63, 3.8) is 0 Å². The highest BCUT2D eigenvalue weighted by Crippen LogP contribution is 2.14. The molecule has 0 atom stereocenters. The molecule has 2 aromatic rings. The molecule has 2 N–H and O–H groups in total. The normalized spacial score (nSPS) is 10.5. The number of nitrogens with zero attached hydrogens (tertiary/aromatic N) is 1. The summed E-state index contributed by atoms with van der Waals surface area (Å²) in [4.78, 5) is 37.6. The molecule has 0 aromatic heterocycles. The predicted molar refractivity (Wildman–Crippen MR) is 116 cm³/mol. The fourth-order valence-electron chi connectivity index (χ4n) is 2.85. The van der Waals surface area contributed by atoms with Gasteiger partial charge in [-0.05, 0) is 42.2 Å². The Hall–Kier alpha value is -3.15. The number of hydrogen-bond donors (Lipinski definition) is 2. The second kappa shape index (κ2) is 11.0. The Kier molecular flexibility index (Phi) is 8.40. The van der Waals surface area contributed by atoms with Crippen molar-refractivity contribution < 1.29 is 14.4 Å². The molecule has 2 aromatic carbocycles. The van der Waals surface area contributed by atoms with Gasteiger partial charge in [-0.3, -0.25) is 14.4 Å². The van der Waals surface area contributed by atoms with E-state index in [2.05, 4.69) is 10.6 Å². The summed E-state index contributed by atoms with van der Waals surface area (Å²) in [6.07, 6.45) is 1.15. The Balaban J connectivity index is 1.86. The predicted octanol–water partition coefficient (Wildman–Crippen LogP) is 3.70. The number of benzene rings is 2. The van der Waals surface area contributed by atoms with Gasteiger partial charge in [0.2, 0.25) is 17.7 Å². The van der Waals surface area contributed by atoms with Gasteiger partial charge >= 0.3 is 0 Å². The van der Waals surface area contributed by atoms with Crippen LogP contribution in [0, 0.1) is 5.92 Å². The first-order chi connectivity index (χ1) is 13.8. The first kappa shape index (κ1) is 22.1. The van der Waals surface area contributed by atoms with E-state index in [0.717, 1.165) is 5.56 Å². The maximum atomic E-state index is 12.3. The Morgan fingerprint density at radius 3 is 1.93 bits per heavy atom. The maximum absolute atomic E-state index is 12.3. The zero-order valence-corrected chi connectivity index (χ0v) is 17.3. The fraction of sp³-hybridized carbons (Fsp3) is 0.348. The molecule has 0 radical (unpaired) electrons. The SMILES string of the molecule is CC(=O)N(CCc1ccccc1)CC(=O)Nc1ccc(NC(=O)CC(C)C)cc1. The molecule has 0 fully saturated rings. The van der Waals surface area contributed by atoms with Crippen molar-refractivity contribution in [1.82, 2.24) is 4.90 Å². The molecular weight excluding hydrogens is 366 g/mol. The third-order valence-corrected chi connectivity index (χ3v) is 4.34. The van der Waals surface area contributed by atoms with E-state index < -0.39 is 0 Å². The molecule has 29 heavy (non-hydrogen) atoms. The van der Waals surface area contributed by atoms with Crippen LogP contribution in [0.2, 0.25) is 0 Å². The quantitative estimate of drug-likeness (QED) is 0.679. The van der Waals surface area contributed by atoms with Gasteiger partial charge < -0.3 is 15.5 Å². The molecule has 0 bridgehead atoms. The van der Waals surface area contributed by atoms with Gasteiger partial charge in [-0.2, -0.15) is 0 Å². The number of rotatable bonds is 9. The fourth-order valence-corrected chi connectivity index (χ4v) is 2.85. The number of nitrogens with one attached hydrogen (secondary N) is 2. The third kappa shape index (κ3) is 8.17. The van der Waals surface area contributed by atoms with E-state index in [1.807, 2.05) is 44.2 Å². The largest absolute Gasteiger partial charge is 0.333 e. The van der Waals surface area contributed by atoms with E-state index >= 15 is 0 Å². The summed E-state index contributed by atoms with van der Waals surface area (Å²) < 4.78 is 0. The summed E-state index contributed by atoms with van der Waals surface area (Å²) in [5.74, 6) is -0.142. The second-order valence-corrected chi connectivity index (χ2v) is 7.45. The van der Waals surface area contributed by atoms with Gasteiger partial charge in [0, 0.05) is 31.3 Å². The highest BCUT2D eigenvalue weighted by atomic mass is 16.2. The third-order valence-electron chi connectivity index (χ3n) is 4.34. The number of carbonyl (C=O) groups excluding carboxylic acids is 3. The molecule has 0 saturated heterocycles. The smallest absolute Gasteiger partial charge is 0.243 e. The minimum absolute atomic E-state index is 0.00492. The number of amides is 3. The summed E-state index contributed by atoms with van der Waals surface area (Å²) in [5.41, 5.74) is 2.42. The van der Waals surface area contributed by atoms with Crippen LogP contribution >= 0.6 is 0 Å². The van der Waals surface area contributed by atoms with E-state index in [4.69, 9.17) is 0 Å². The topological polar surface area (TPSA) is 78.5 Å². The molecule has 0 saturated carbocycles. The van der Waals surface area contributed by atoms with Gasteiger partial charge in [0.15, 0.2) is 0 Å². The van der Waals surface area contributed by atoms with Gasteiger partial charge in [0.1, 0.15) is 0 Å². The van der Waals surface area contributed by atoms with Gasteiger partial charge in [-0.1, -0.05) is 44.2 Å². The molecule has 3 amide bonds. The maximum Gasteiger partial charge on any atom is 0.243 e. The van der Waals surface area contributed by atoms with Crippen molar-refractivity contribution in [3.8, 4) is 0 Å². The van der Waals surface area contributed by atoms with Crippen molar-refractivity contribution >= 4 is 29.1 Å². The average molecular weight is 396 g/mol. The minimum Gasteiger partial charge on any atom is -0.333 e. The van der Waals surface area contributed by atoms with Gasteiger partial charge in [-0.25, -0.2) is 0 Å². The Morgan fingerprint density at radius 1 is 0.862 bits per heavy atom. The van der Waals surface area contributed by atoms with Crippen molar-refractivity contribution in [1.29, 1.82) is 0 Å². The lowest BCUT2D eigenvalue weighted by molar-refractivity contribution is -0.132. The minimum atomic E-state index is -0.259. The van der Waals surface area contributed by atoms with Crippen LogP contribution in [0.4, 0.5) is 11.4 Å². The number of hydrogen-bond acceptors (Lipinski definition) is 3. The van der Waals surface area contributed by atoms with Crippen LogP contribution in [-0.4, -0.2) is 35.7 Å². The van der Waals surface area contributed by atoms with Crippen molar-refractivity contribution in [2.75, 3.05) is 23.7 Å². The lowest BCUT2D eigenvalue weighted by atomic mass is 10.1. The zero-order valence-electron chi connectivity index (χ0n) is 17.3. The molecule has 0 aliphatic heterocycles. The van der Waals surface area contributed by atoms with Crippen LogP contribution in [0.25, 0.3) is 0 Å². The molecule has 6 nitrogen and oxygen atoms in total. The van der Waals surface area contributed by atoms with E-state index in [-0.39, 0.29) is 24.3 Å². The summed E-state index contributed by atoms with van der Waals surface area (Å²) >= 11 is 0. The van der Waals surface area contributed by atoms with Crippen molar-refractivity contribution in [2.45, 2.75) is 33.6 Å². The molecular formula is C23H29N3O3. The molecule has 154 valence electrons. The van der Waals surface area contributed by atoms with Crippen LogP contribution in [0.15, 0.2) is 54.6 Å². The monoisotopic (exact) mass is 395 g/mol. The summed E-state index contributed by atoms with van der Waals surface area (Å²) in [6, 6.07) is 16.8. The molecule has 0 spiro atoms. The zero-order chi connectivity index (χ0) is 21.2. The molecule has 0 aliphatic carbocycles. The molecule has 6 heteroatoms. The number of anilines is 2. The van der Waals surface area contributed by atoms with Crippen LogP contribution < -0.4 is 10.6 Å². The molecule has 2 rings (SSSR count). The molecule has 0 heterocycles. The van der Waals surface area contributed by atoms with Crippen LogP contribution in [0.5, 0.6) is 0 Å². The van der Waals surface area contributed by atoms with Crippen LogP contribution in [-0.2, 0) is 20.8 Å². The Bertz CT molecular complexity index is 817. The standard InChI is InChI=1S/C23H29N3O3/c1-17(2)15-22(28)24-20-9-11-21(12-10-20)25-23(29)16-26(18(3)27)14-13-19-7-5-4-6-8-19/h4-12,17H,13-16H2,1-3H3,(H,24,28)(H,25,29). The lowest BCUT2D eigenvalue weighted by Crippen LogP contribution is -2.38. The van der Waals surface area contributed by atoms with E-state index in [1.54, 1.807) is 24.3 Å². The molecule has 0 unspecified atom stereocenters. The highest BCUT2D eigenvalue weighted by molar-refractivity contribution is 5.95. The highest BCUT2D eigenvalue weighted by Gasteiger charge is 2.14. The van der Waals surface area contributed by atoms with E-state index in [9.17, 15) is 14.4 Å². The van der Waals surface area contributed by atoms with Gasteiger partial charge in [-0.15, -0.1) is 0 Å². The van der Waals surface area contributed by atoms with Crippen molar-refractivity contribution in [3.05, 3.63) is 60.2 Å². The van der Waals surface area contributed by atoms with Crippen LogP contribution in [0.1, 0.15) is 32.8 Å². The van der Waals surface area contributed by atoms with Gasteiger partial charge in [0.25, 0.3) is 0 Å². The summed E-state index contributed by atoms with van der Waals surface area (Å²) in [7, 11) is 0. The second-order valence-electron chi connectivity index (χ2n) is 7.45. The average Bonchev–Trinajstić information content (AvgIpc) is 2.66. The van der Waals surface area contributed by atoms with Crippen molar-refractivity contribution in [2.24, 2.45) is 5.92 Å². The molecule has 0 aliphatic rings. The lowest BCUT2D eigenvalue weighted by Gasteiger charge is -2.20. The number of carbonyl (C=O) groups is 3. The summed E-state index contributed by atoms with van der Waals surface area (Å²) in [6.45, 7) is 5.92. The first-order valence-corrected chi connectivity index (χ1v) is 9.82. The Labute approximate surface area is 172 Å². The van der Waals surface area contributed by atoms with E-state index in [0.29, 0.717) is 36.7 Å². The van der Waals surface area contributed by atoms with Crippen LogP contribution in [0.3, 0.4) is 0 Å². The van der Waals surface area contributed by atoms with Gasteiger partial charge in [0.05, 0.1) is 6.54 Å². The summed E-state index contributed by atoms with van der Waals surface area (Å²) in [5, 5.41) is 5.62. The van der Waals surface area contributed by atoms with E-state index in [1.165, 1.54) is 11.8 Å². The first-order valence-electron chi connectivity index (χ1n) is 9.82.